The van der Waals surface area contributed by atoms with E-state index in [0.717, 1.165) is 11.1 Å². The molecule has 0 aliphatic rings. The van der Waals surface area contributed by atoms with E-state index in [2.05, 4.69) is 43.4 Å². The summed E-state index contributed by atoms with van der Waals surface area (Å²) in [6.07, 6.45) is 0.923. The largest absolute Gasteiger partial charge is 0.508 e. The highest BCUT2D eigenvalue weighted by atomic mass is 16.3. The zero-order valence-corrected chi connectivity index (χ0v) is 13.2. The molecule has 0 saturated heterocycles. The molecule has 3 nitrogen and oxygen atoms in total. The van der Waals surface area contributed by atoms with Gasteiger partial charge in [-0.1, -0.05) is 56.3 Å². The number of phenolic OH excluding ortho intramolecular Hbond substituents is 1. The number of hydrogen-bond donors (Lipinski definition) is 2. The molecule has 1 amide bonds. The number of benzene rings is 2. The van der Waals surface area contributed by atoms with E-state index in [1.807, 2.05) is 12.1 Å². The van der Waals surface area contributed by atoms with Gasteiger partial charge in [-0.15, -0.1) is 0 Å². The highest BCUT2D eigenvalue weighted by Gasteiger charge is 2.05. The Bertz CT molecular complexity index is 618. The second-order valence-corrected chi connectivity index (χ2v) is 5.80. The quantitative estimate of drug-likeness (QED) is 0.853. The van der Waals surface area contributed by atoms with Crippen LogP contribution < -0.4 is 5.32 Å². The Morgan fingerprint density at radius 3 is 2.41 bits per heavy atom. The maximum absolute atomic E-state index is 11.9. The molecule has 0 unspecified atom stereocenters. The zero-order valence-electron chi connectivity index (χ0n) is 13.2. The van der Waals surface area contributed by atoms with Crippen LogP contribution in [0.2, 0.25) is 0 Å². The summed E-state index contributed by atoms with van der Waals surface area (Å²) in [7, 11) is 0. The van der Waals surface area contributed by atoms with E-state index in [1.165, 1.54) is 5.56 Å². The number of nitrogens with one attached hydrogen (secondary N) is 1. The molecule has 0 atom stereocenters. The van der Waals surface area contributed by atoms with Gasteiger partial charge in [0.2, 0.25) is 5.91 Å². The first-order valence-electron chi connectivity index (χ1n) is 7.68. The molecular weight excluding hydrogens is 274 g/mol. The van der Waals surface area contributed by atoms with Crippen molar-refractivity contribution >= 4 is 5.91 Å². The molecule has 0 fully saturated rings. The zero-order chi connectivity index (χ0) is 15.9. The Morgan fingerprint density at radius 2 is 1.77 bits per heavy atom. The normalized spacial score (nSPS) is 10.7. The lowest BCUT2D eigenvalue weighted by atomic mass is 10.0. The van der Waals surface area contributed by atoms with Crippen LogP contribution in [-0.2, 0) is 17.8 Å². The molecule has 3 heteroatoms. The molecule has 0 aliphatic carbocycles. The second-order valence-electron chi connectivity index (χ2n) is 5.80. The first-order valence-corrected chi connectivity index (χ1v) is 7.68. The summed E-state index contributed by atoms with van der Waals surface area (Å²) in [4.78, 5) is 11.9. The van der Waals surface area contributed by atoms with Crippen molar-refractivity contribution in [1.29, 1.82) is 0 Å². The Hall–Kier alpha value is -2.29. The number of aromatic hydroxyl groups is 1. The van der Waals surface area contributed by atoms with Crippen molar-refractivity contribution in [2.75, 3.05) is 0 Å². The van der Waals surface area contributed by atoms with Crippen LogP contribution >= 0.6 is 0 Å². The van der Waals surface area contributed by atoms with Crippen molar-refractivity contribution in [3.63, 3.8) is 0 Å². The lowest BCUT2D eigenvalue weighted by Gasteiger charge is -2.09. The molecule has 116 valence electrons. The van der Waals surface area contributed by atoms with Gasteiger partial charge in [0.25, 0.3) is 0 Å². The van der Waals surface area contributed by atoms with Crippen LogP contribution in [0.15, 0.2) is 48.5 Å². The molecule has 2 N–H and O–H groups in total. The predicted molar refractivity (Wildman–Crippen MR) is 88.8 cm³/mol. The molecule has 2 rings (SSSR count). The van der Waals surface area contributed by atoms with Crippen LogP contribution in [0.3, 0.4) is 0 Å². The summed E-state index contributed by atoms with van der Waals surface area (Å²) in [5.41, 5.74) is 3.20. The fourth-order valence-electron chi connectivity index (χ4n) is 2.28. The molecule has 22 heavy (non-hydrogen) atoms. The van der Waals surface area contributed by atoms with Crippen molar-refractivity contribution in [2.45, 2.75) is 39.2 Å². The molecule has 0 spiro atoms. The molecule has 2 aromatic carbocycles. The minimum absolute atomic E-state index is 0.00353. The SMILES string of the molecule is CC(C)c1ccc(CNC(=O)CCc2ccccc2O)cc1. The average Bonchev–Trinajstić information content (AvgIpc) is 2.52. The van der Waals surface area contributed by atoms with Gasteiger partial charge in [0.1, 0.15) is 5.75 Å². The number of carbonyl (C=O) groups excluding carboxylic acids is 1. The first kappa shape index (κ1) is 16.1. The fraction of sp³-hybridized carbons (Fsp3) is 0.316. The number of aryl methyl sites for hydroxylation is 1. The maximum atomic E-state index is 11.9. The summed E-state index contributed by atoms with van der Waals surface area (Å²) < 4.78 is 0. The van der Waals surface area contributed by atoms with Gasteiger partial charge >= 0.3 is 0 Å². The topological polar surface area (TPSA) is 49.3 Å². The second kappa shape index (κ2) is 7.64. The van der Waals surface area contributed by atoms with Gasteiger partial charge in [0, 0.05) is 13.0 Å². The number of para-hydroxylation sites is 1. The molecule has 0 heterocycles. The minimum Gasteiger partial charge on any atom is -0.508 e. The van der Waals surface area contributed by atoms with E-state index in [4.69, 9.17) is 0 Å². The average molecular weight is 297 g/mol. The number of phenols is 1. The van der Waals surface area contributed by atoms with Crippen molar-refractivity contribution in [2.24, 2.45) is 0 Å². The lowest BCUT2D eigenvalue weighted by Crippen LogP contribution is -2.23. The van der Waals surface area contributed by atoms with Crippen LogP contribution in [-0.4, -0.2) is 11.0 Å². The smallest absolute Gasteiger partial charge is 0.220 e. The van der Waals surface area contributed by atoms with Crippen LogP contribution in [0.5, 0.6) is 5.75 Å². The van der Waals surface area contributed by atoms with Gasteiger partial charge in [0.15, 0.2) is 0 Å². The van der Waals surface area contributed by atoms with E-state index < -0.39 is 0 Å². The van der Waals surface area contributed by atoms with Gasteiger partial charge in [-0.2, -0.15) is 0 Å². The monoisotopic (exact) mass is 297 g/mol. The van der Waals surface area contributed by atoms with Crippen molar-refractivity contribution in [3.05, 3.63) is 65.2 Å². The number of hydrogen-bond acceptors (Lipinski definition) is 2. The van der Waals surface area contributed by atoms with E-state index in [1.54, 1.807) is 12.1 Å². The van der Waals surface area contributed by atoms with Crippen molar-refractivity contribution in [3.8, 4) is 5.75 Å². The summed E-state index contributed by atoms with van der Waals surface area (Å²) in [5.74, 6) is 0.762. The van der Waals surface area contributed by atoms with E-state index >= 15 is 0 Å². The molecular formula is C19H23NO2. The van der Waals surface area contributed by atoms with Gasteiger partial charge in [-0.3, -0.25) is 4.79 Å². The summed E-state index contributed by atoms with van der Waals surface area (Å²) in [6.45, 7) is 4.86. The summed E-state index contributed by atoms with van der Waals surface area (Å²) in [6, 6.07) is 15.4. The summed E-state index contributed by atoms with van der Waals surface area (Å²) in [5, 5.41) is 12.6. The number of carbonyl (C=O) groups is 1. The van der Waals surface area contributed by atoms with E-state index in [9.17, 15) is 9.90 Å². The van der Waals surface area contributed by atoms with Gasteiger partial charge in [0.05, 0.1) is 0 Å². The lowest BCUT2D eigenvalue weighted by molar-refractivity contribution is -0.121. The van der Waals surface area contributed by atoms with E-state index in [-0.39, 0.29) is 11.7 Å². The Labute approximate surface area is 132 Å². The standard InChI is InChI=1S/C19H23NO2/c1-14(2)16-9-7-15(8-10-16)13-20-19(22)12-11-17-5-3-4-6-18(17)21/h3-10,14,21H,11-13H2,1-2H3,(H,20,22). The van der Waals surface area contributed by atoms with Crippen molar-refractivity contribution in [1.82, 2.24) is 5.32 Å². The molecule has 0 radical (unpaired) electrons. The van der Waals surface area contributed by atoms with Gasteiger partial charge in [-0.05, 0) is 35.1 Å². The number of rotatable bonds is 6. The van der Waals surface area contributed by atoms with Crippen LogP contribution in [0.25, 0.3) is 0 Å². The highest BCUT2D eigenvalue weighted by molar-refractivity contribution is 5.76. The van der Waals surface area contributed by atoms with Crippen molar-refractivity contribution < 1.29 is 9.90 Å². The number of amides is 1. The third-order valence-electron chi connectivity index (χ3n) is 3.75. The Balaban J connectivity index is 1.79. The first-order chi connectivity index (χ1) is 10.6. The Morgan fingerprint density at radius 1 is 1.09 bits per heavy atom. The third kappa shape index (κ3) is 4.62. The fourth-order valence-corrected chi connectivity index (χ4v) is 2.28. The van der Waals surface area contributed by atoms with Crippen LogP contribution in [0.1, 0.15) is 42.9 Å². The Kier molecular flexibility index (Phi) is 5.59. The molecule has 0 aliphatic heterocycles. The minimum atomic E-state index is -0.00353. The maximum Gasteiger partial charge on any atom is 0.220 e. The highest BCUT2D eigenvalue weighted by Crippen LogP contribution is 2.17. The predicted octanol–water partition coefficient (Wildman–Crippen LogP) is 3.76. The molecule has 2 aromatic rings. The summed E-state index contributed by atoms with van der Waals surface area (Å²) >= 11 is 0. The molecule has 0 saturated carbocycles. The van der Waals surface area contributed by atoms with E-state index in [0.29, 0.717) is 25.3 Å². The molecule has 0 bridgehead atoms. The van der Waals surface area contributed by atoms with Gasteiger partial charge < -0.3 is 10.4 Å². The van der Waals surface area contributed by atoms with Gasteiger partial charge in [-0.25, -0.2) is 0 Å². The third-order valence-corrected chi connectivity index (χ3v) is 3.75. The van der Waals surface area contributed by atoms with Crippen LogP contribution in [0.4, 0.5) is 0 Å². The van der Waals surface area contributed by atoms with Crippen LogP contribution in [0, 0.1) is 0 Å². The molecule has 0 aromatic heterocycles.